The molecule has 0 aliphatic rings. The van der Waals surface area contributed by atoms with Crippen LogP contribution in [-0.4, -0.2) is 25.8 Å². The molecule has 1 aromatic heterocycles. The Morgan fingerprint density at radius 1 is 1.06 bits per heavy atom. The monoisotopic (exact) mass is 497 g/mol. The number of hydrogen-bond acceptors (Lipinski definition) is 5. The topological polar surface area (TPSA) is 63.7 Å². The van der Waals surface area contributed by atoms with Crippen molar-refractivity contribution in [3.05, 3.63) is 82.0 Å². The van der Waals surface area contributed by atoms with Crippen LogP contribution < -0.4 is 4.18 Å². The molecule has 5 nitrogen and oxygen atoms in total. The molecule has 0 spiro atoms. The molecule has 33 heavy (non-hydrogen) atoms. The molecule has 0 bridgehead atoms. The highest BCUT2D eigenvalue weighted by atomic mass is 32.2. The van der Waals surface area contributed by atoms with E-state index >= 15 is 0 Å². The quantitative estimate of drug-likeness (QED) is 0.367. The SMILES string of the molecule is CC(C)CN(Cc1cccc(OS(=O)(=O)c2cccc(C(F)(F)F)c2)c1)C(=O)c1cccs1. The molecule has 3 rings (SSSR count). The van der Waals surface area contributed by atoms with Gasteiger partial charge in [-0.05, 0) is 53.3 Å². The van der Waals surface area contributed by atoms with E-state index in [2.05, 4.69) is 0 Å². The molecule has 0 unspecified atom stereocenters. The Kier molecular flexibility index (Phi) is 7.48. The minimum absolute atomic E-state index is 0.0574. The lowest BCUT2D eigenvalue weighted by Crippen LogP contribution is -2.33. The second-order valence-corrected chi connectivity index (χ2v) is 10.3. The first kappa shape index (κ1) is 24.8. The van der Waals surface area contributed by atoms with Gasteiger partial charge in [0.25, 0.3) is 5.91 Å². The Labute approximate surface area is 194 Å². The van der Waals surface area contributed by atoms with Crippen molar-refractivity contribution >= 4 is 27.4 Å². The Morgan fingerprint density at radius 3 is 2.42 bits per heavy atom. The molecule has 0 aliphatic heterocycles. The number of benzene rings is 2. The van der Waals surface area contributed by atoms with E-state index in [1.54, 1.807) is 29.2 Å². The third kappa shape index (κ3) is 6.58. The smallest absolute Gasteiger partial charge is 0.379 e. The molecular weight excluding hydrogens is 475 g/mol. The summed E-state index contributed by atoms with van der Waals surface area (Å²) in [6.07, 6.45) is -4.68. The summed E-state index contributed by atoms with van der Waals surface area (Å²) in [7, 11) is -4.49. The lowest BCUT2D eigenvalue weighted by Gasteiger charge is -2.24. The number of alkyl halides is 3. The lowest BCUT2D eigenvalue weighted by atomic mass is 10.1. The van der Waals surface area contributed by atoms with Crippen LogP contribution in [0.2, 0.25) is 0 Å². The van der Waals surface area contributed by atoms with Gasteiger partial charge in [0.2, 0.25) is 0 Å². The van der Waals surface area contributed by atoms with Gasteiger partial charge in [-0.25, -0.2) is 0 Å². The maximum absolute atomic E-state index is 12.9. The molecule has 176 valence electrons. The lowest BCUT2D eigenvalue weighted by molar-refractivity contribution is -0.137. The average molecular weight is 498 g/mol. The molecule has 1 amide bonds. The molecule has 0 fully saturated rings. The zero-order valence-corrected chi connectivity index (χ0v) is 19.5. The molecule has 0 aliphatic carbocycles. The van der Waals surface area contributed by atoms with E-state index in [1.165, 1.54) is 23.5 Å². The van der Waals surface area contributed by atoms with E-state index in [9.17, 15) is 26.4 Å². The number of carbonyl (C=O) groups excluding carboxylic acids is 1. The summed E-state index contributed by atoms with van der Waals surface area (Å²) in [5, 5.41) is 1.81. The Morgan fingerprint density at radius 2 is 1.79 bits per heavy atom. The maximum Gasteiger partial charge on any atom is 0.416 e. The number of carbonyl (C=O) groups is 1. The molecule has 2 aromatic carbocycles. The van der Waals surface area contributed by atoms with Crippen LogP contribution in [0, 0.1) is 5.92 Å². The third-order valence-electron chi connectivity index (χ3n) is 4.53. The van der Waals surface area contributed by atoms with E-state index in [1.807, 2.05) is 19.2 Å². The summed E-state index contributed by atoms with van der Waals surface area (Å²) in [6.45, 7) is 4.67. The van der Waals surface area contributed by atoms with Crippen molar-refractivity contribution in [2.24, 2.45) is 5.92 Å². The van der Waals surface area contributed by atoms with Crippen molar-refractivity contribution in [3.8, 4) is 5.75 Å². The van der Waals surface area contributed by atoms with Crippen LogP contribution in [0.4, 0.5) is 13.2 Å². The second-order valence-electron chi connectivity index (χ2n) is 7.77. The number of hydrogen-bond donors (Lipinski definition) is 0. The van der Waals surface area contributed by atoms with Crippen LogP contribution >= 0.6 is 11.3 Å². The first-order valence-electron chi connectivity index (χ1n) is 9.99. The van der Waals surface area contributed by atoms with Gasteiger partial charge in [0.15, 0.2) is 0 Å². The fourth-order valence-electron chi connectivity index (χ4n) is 3.13. The maximum atomic E-state index is 12.9. The molecule has 0 radical (unpaired) electrons. The average Bonchev–Trinajstić information content (AvgIpc) is 3.27. The van der Waals surface area contributed by atoms with Gasteiger partial charge < -0.3 is 9.08 Å². The Bertz CT molecular complexity index is 1210. The van der Waals surface area contributed by atoms with Crippen LogP contribution in [0.1, 0.15) is 34.6 Å². The normalized spacial score (nSPS) is 12.1. The fourth-order valence-corrected chi connectivity index (χ4v) is 4.80. The highest BCUT2D eigenvalue weighted by Crippen LogP contribution is 2.31. The first-order chi connectivity index (χ1) is 15.5. The molecule has 10 heteroatoms. The van der Waals surface area contributed by atoms with E-state index in [0.717, 1.165) is 18.2 Å². The number of rotatable bonds is 8. The van der Waals surface area contributed by atoms with Crippen molar-refractivity contribution in [1.82, 2.24) is 4.90 Å². The molecule has 3 aromatic rings. The Balaban J connectivity index is 1.82. The fraction of sp³-hybridized carbons (Fsp3) is 0.261. The van der Waals surface area contributed by atoms with E-state index in [4.69, 9.17) is 4.18 Å². The van der Waals surface area contributed by atoms with Gasteiger partial charge in [-0.1, -0.05) is 38.1 Å². The standard InChI is InChI=1S/C23H22F3NO4S2/c1-16(2)14-27(22(28)21-10-5-11-32-21)15-17-6-3-8-19(12-17)31-33(29,30)20-9-4-7-18(13-20)23(24,25)26/h3-13,16H,14-15H2,1-2H3. The van der Waals surface area contributed by atoms with Crippen molar-refractivity contribution in [1.29, 1.82) is 0 Å². The van der Waals surface area contributed by atoms with Crippen LogP contribution in [0.25, 0.3) is 0 Å². The van der Waals surface area contributed by atoms with Gasteiger partial charge in [0, 0.05) is 13.1 Å². The van der Waals surface area contributed by atoms with E-state index < -0.39 is 26.8 Å². The Hall–Kier alpha value is -2.85. The van der Waals surface area contributed by atoms with Crippen LogP contribution in [0.15, 0.2) is 70.9 Å². The van der Waals surface area contributed by atoms with Crippen LogP contribution in [-0.2, 0) is 22.8 Å². The van der Waals surface area contributed by atoms with E-state index in [0.29, 0.717) is 23.1 Å². The summed E-state index contributed by atoms with van der Waals surface area (Å²) in [5.41, 5.74) is -0.463. The van der Waals surface area contributed by atoms with Gasteiger partial charge in [0.1, 0.15) is 10.6 Å². The summed E-state index contributed by atoms with van der Waals surface area (Å²) in [6, 6.07) is 13.0. The highest BCUT2D eigenvalue weighted by Gasteiger charge is 2.32. The van der Waals surface area contributed by atoms with Crippen molar-refractivity contribution in [3.63, 3.8) is 0 Å². The van der Waals surface area contributed by atoms with Crippen LogP contribution in [0.5, 0.6) is 5.75 Å². The van der Waals surface area contributed by atoms with Gasteiger partial charge in [-0.2, -0.15) is 21.6 Å². The summed E-state index contributed by atoms with van der Waals surface area (Å²) in [5.74, 6) is 0.00854. The zero-order valence-electron chi connectivity index (χ0n) is 17.9. The van der Waals surface area contributed by atoms with Gasteiger partial charge >= 0.3 is 16.3 Å². The predicted octanol–water partition coefficient (Wildman–Crippen LogP) is 5.83. The first-order valence-corrected chi connectivity index (χ1v) is 12.3. The number of halogens is 3. The molecule has 0 saturated carbocycles. The van der Waals surface area contributed by atoms with E-state index in [-0.39, 0.29) is 24.1 Å². The molecule has 0 atom stereocenters. The van der Waals surface area contributed by atoms with Crippen molar-refractivity contribution in [2.45, 2.75) is 31.5 Å². The summed E-state index contributed by atoms with van der Waals surface area (Å²) in [4.78, 5) is 14.5. The summed E-state index contributed by atoms with van der Waals surface area (Å²) < 4.78 is 69.1. The third-order valence-corrected chi connectivity index (χ3v) is 6.63. The second kappa shape index (κ2) is 9.96. The molecule has 0 saturated heterocycles. The molecule has 1 heterocycles. The molecular formula is C23H22F3NO4S2. The van der Waals surface area contributed by atoms with Crippen molar-refractivity contribution in [2.75, 3.05) is 6.54 Å². The van der Waals surface area contributed by atoms with Crippen LogP contribution in [0.3, 0.4) is 0 Å². The minimum atomic E-state index is -4.68. The largest absolute Gasteiger partial charge is 0.416 e. The highest BCUT2D eigenvalue weighted by molar-refractivity contribution is 7.87. The minimum Gasteiger partial charge on any atom is -0.379 e. The number of amides is 1. The predicted molar refractivity (Wildman–Crippen MR) is 120 cm³/mol. The van der Waals surface area contributed by atoms with Crippen molar-refractivity contribution < 1.29 is 30.6 Å². The summed E-state index contributed by atoms with van der Waals surface area (Å²) >= 11 is 1.33. The zero-order chi connectivity index (χ0) is 24.2. The van der Waals surface area contributed by atoms with Gasteiger partial charge in [-0.3, -0.25) is 4.79 Å². The van der Waals surface area contributed by atoms with Gasteiger partial charge in [0.05, 0.1) is 10.4 Å². The number of nitrogens with zero attached hydrogens (tertiary/aromatic N) is 1. The molecule has 0 N–H and O–H groups in total. The number of thiophene rings is 1. The van der Waals surface area contributed by atoms with Gasteiger partial charge in [-0.15, -0.1) is 11.3 Å².